The summed E-state index contributed by atoms with van der Waals surface area (Å²) in [6, 6.07) is 21.2. The Kier molecular flexibility index (Phi) is 8.46. The van der Waals surface area contributed by atoms with Crippen molar-refractivity contribution in [2.75, 3.05) is 0 Å². The van der Waals surface area contributed by atoms with Gasteiger partial charge in [-0.1, -0.05) is 0 Å². The molecule has 0 bridgehead atoms. The van der Waals surface area contributed by atoms with Crippen LogP contribution in [-0.2, 0) is 6.42 Å². The molecule has 0 radical (unpaired) electrons. The van der Waals surface area contributed by atoms with Crippen LogP contribution in [0.4, 0.5) is 17.6 Å². The second-order valence-electron chi connectivity index (χ2n) is 10.3. The van der Waals surface area contributed by atoms with E-state index in [-0.39, 0.29) is 85.9 Å². The monoisotopic (exact) mass is 650 g/mol. The summed E-state index contributed by atoms with van der Waals surface area (Å²) in [7, 11) is 0. The molecule has 49 heavy (non-hydrogen) atoms. The minimum atomic E-state index is -0.750. The molecule has 2 heterocycles. The van der Waals surface area contributed by atoms with Crippen LogP contribution in [0, 0.1) is 68.6 Å². The van der Waals surface area contributed by atoms with E-state index in [4.69, 9.17) is 0 Å². The fraction of sp³-hybridized carbons (Fsp3) is 0.0286. The van der Waals surface area contributed by atoms with Gasteiger partial charge < -0.3 is 0 Å². The Morgan fingerprint density at radius 3 is 0.837 bits per heavy atom. The van der Waals surface area contributed by atoms with Gasteiger partial charge in [-0.25, -0.2) is 47.5 Å². The van der Waals surface area contributed by atoms with Crippen molar-refractivity contribution in [2.24, 2.45) is 0 Å². The van der Waals surface area contributed by atoms with Gasteiger partial charge in [0.25, 0.3) is 0 Å². The molecule has 10 nitrogen and oxygen atoms in total. The molecule has 0 amide bonds. The molecule has 0 aliphatic heterocycles. The van der Waals surface area contributed by atoms with E-state index in [0.717, 1.165) is 48.5 Å². The standard InChI is InChI=1S/C35H14F4N10/c36-26-5-18(14-40)1-22(9-26)32-44-30(45-33(48-32)23-2-19(15-41)6-27(37)10-23)13-31-46-34(24-3-20(16-42)7-28(38)11-24)49-35(47-31)25-4-21(17-43)8-29(39)12-25/h1-12H,13H2. The molecule has 2 aromatic heterocycles. The number of nitrogens with zero attached hydrogens (tertiary/aromatic N) is 10. The SMILES string of the molecule is N#Cc1cc(F)cc(-c2nc(Cc3nc(-c4cc(F)cc(C#N)c4)nc(-c4cc(F)cc(C#N)c4)n3)nc(-c3cc(F)cc(C#N)c3)n2)c1. The molecule has 6 aromatic rings. The zero-order chi connectivity index (χ0) is 34.7. The first kappa shape index (κ1) is 31.6. The van der Waals surface area contributed by atoms with Gasteiger partial charge in [0.1, 0.15) is 34.9 Å². The molecule has 0 fully saturated rings. The number of aromatic nitrogens is 6. The summed E-state index contributed by atoms with van der Waals surface area (Å²) in [4.78, 5) is 26.4. The Bertz CT molecular complexity index is 2150. The second kappa shape index (κ2) is 13.1. The van der Waals surface area contributed by atoms with Gasteiger partial charge in [0, 0.05) is 22.3 Å². The third-order valence-corrected chi connectivity index (χ3v) is 6.82. The van der Waals surface area contributed by atoms with Crippen molar-refractivity contribution in [3.8, 4) is 69.8 Å². The van der Waals surface area contributed by atoms with Crippen molar-refractivity contribution >= 4 is 0 Å². The van der Waals surface area contributed by atoms with E-state index in [0.29, 0.717) is 0 Å². The van der Waals surface area contributed by atoms with E-state index in [2.05, 4.69) is 29.9 Å². The summed E-state index contributed by atoms with van der Waals surface area (Å²) in [6.45, 7) is 0. The number of hydrogen-bond donors (Lipinski definition) is 0. The van der Waals surface area contributed by atoms with Crippen LogP contribution in [0.2, 0.25) is 0 Å². The highest BCUT2D eigenvalue weighted by molar-refractivity contribution is 5.65. The lowest BCUT2D eigenvalue weighted by Crippen LogP contribution is -2.09. The Balaban J connectivity index is 1.56. The summed E-state index contributed by atoms with van der Waals surface area (Å²) < 4.78 is 57.9. The van der Waals surface area contributed by atoms with E-state index < -0.39 is 23.3 Å². The van der Waals surface area contributed by atoms with Gasteiger partial charge in [-0.05, 0) is 72.8 Å². The smallest absolute Gasteiger partial charge is 0.163 e. The minimum Gasteiger partial charge on any atom is -0.213 e. The predicted octanol–water partition coefficient (Wildman–Crippen LogP) is 6.36. The van der Waals surface area contributed by atoms with Crippen LogP contribution in [0.5, 0.6) is 0 Å². The molecular formula is C35H14F4N10. The first-order chi connectivity index (χ1) is 23.6. The van der Waals surface area contributed by atoms with Gasteiger partial charge in [0.05, 0.1) is 53.0 Å². The lowest BCUT2D eigenvalue weighted by atomic mass is 10.1. The van der Waals surface area contributed by atoms with E-state index in [1.165, 1.54) is 24.3 Å². The van der Waals surface area contributed by atoms with Gasteiger partial charge in [-0.15, -0.1) is 0 Å². The van der Waals surface area contributed by atoms with Crippen molar-refractivity contribution in [2.45, 2.75) is 6.42 Å². The number of benzene rings is 4. The van der Waals surface area contributed by atoms with Crippen LogP contribution >= 0.6 is 0 Å². The third-order valence-electron chi connectivity index (χ3n) is 6.82. The summed E-state index contributed by atoms with van der Waals surface area (Å²) in [5.41, 5.74) is 0.239. The van der Waals surface area contributed by atoms with E-state index >= 15 is 0 Å². The zero-order valence-electron chi connectivity index (χ0n) is 24.6. The van der Waals surface area contributed by atoms with Crippen LogP contribution in [-0.4, -0.2) is 29.9 Å². The molecule has 6 rings (SSSR count). The Morgan fingerprint density at radius 1 is 0.367 bits per heavy atom. The Labute approximate surface area is 274 Å². The molecule has 0 N–H and O–H groups in total. The molecule has 0 aliphatic rings. The number of nitriles is 4. The predicted molar refractivity (Wildman–Crippen MR) is 163 cm³/mol. The van der Waals surface area contributed by atoms with E-state index in [1.807, 2.05) is 24.3 Å². The molecule has 0 saturated heterocycles. The fourth-order valence-electron chi connectivity index (χ4n) is 4.79. The zero-order valence-corrected chi connectivity index (χ0v) is 24.6. The first-order valence-corrected chi connectivity index (χ1v) is 14.0. The molecule has 4 aromatic carbocycles. The van der Waals surface area contributed by atoms with E-state index in [1.54, 1.807) is 0 Å². The highest BCUT2D eigenvalue weighted by Gasteiger charge is 2.18. The molecule has 0 unspecified atom stereocenters. The minimum absolute atomic E-state index is 0.0264. The Hall–Kier alpha value is -7.42. The van der Waals surface area contributed by atoms with Crippen LogP contribution in [0.3, 0.4) is 0 Å². The number of hydrogen-bond acceptors (Lipinski definition) is 10. The molecular weight excluding hydrogens is 636 g/mol. The molecule has 0 atom stereocenters. The average molecular weight is 651 g/mol. The van der Waals surface area contributed by atoms with Crippen molar-refractivity contribution in [1.82, 2.24) is 29.9 Å². The summed E-state index contributed by atoms with van der Waals surface area (Å²) >= 11 is 0. The van der Waals surface area contributed by atoms with Gasteiger partial charge in [-0.2, -0.15) is 21.0 Å². The lowest BCUT2D eigenvalue weighted by molar-refractivity contribution is 0.627. The molecule has 0 aliphatic carbocycles. The molecule has 232 valence electrons. The summed E-state index contributed by atoms with van der Waals surface area (Å²) in [6.07, 6.45) is -0.299. The third kappa shape index (κ3) is 7.05. The summed E-state index contributed by atoms with van der Waals surface area (Å²) in [5, 5.41) is 37.6. The second-order valence-corrected chi connectivity index (χ2v) is 10.3. The maximum absolute atomic E-state index is 14.5. The van der Waals surface area contributed by atoms with Crippen molar-refractivity contribution < 1.29 is 17.6 Å². The van der Waals surface area contributed by atoms with Crippen LogP contribution in [0.1, 0.15) is 33.9 Å². The van der Waals surface area contributed by atoms with Crippen LogP contribution in [0.15, 0.2) is 72.8 Å². The summed E-state index contributed by atoms with van der Waals surface area (Å²) in [5.74, 6) is -3.52. The van der Waals surface area contributed by atoms with Crippen LogP contribution in [0.25, 0.3) is 45.6 Å². The molecule has 0 saturated carbocycles. The normalized spacial score (nSPS) is 10.4. The van der Waals surface area contributed by atoms with Crippen LogP contribution < -0.4 is 0 Å². The van der Waals surface area contributed by atoms with E-state index in [9.17, 15) is 38.6 Å². The molecule has 0 spiro atoms. The first-order valence-electron chi connectivity index (χ1n) is 14.0. The quantitative estimate of drug-likeness (QED) is 0.185. The van der Waals surface area contributed by atoms with Gasteiger partial charge in [0.15, 0.2) is 23.3 Å². The molecule has 14 heteroatoms. The highest BCUT2D eigenvalue weighted by atomic mass is 19.1. The number of halogens is 4. The maximum Gasteiger partial charge on any atom is 0.163 e. The van der Waals surface area contributed by atoms with Crippen molar-refractivity contribution in [1.29, 1.82) is 21.0 Å². The van der Waals surface area contributed by atoms with Gasteiger partial charge >= 0.3 is 0 Å². The largest absolute Gasteiger partial charge is 0.213 e. The fourth-order valence-corrected chi connectivity index (χ4v) is 4.79. The van der Waals surface area contributed by atoms with Gasteiger partial charge in [0.2, 0.25) is 0 Å². The average Bonchev–Trinajstić information content (AvgIpc) is 3.10. The number of rotatable bonds is 6. The highest BCUT2D eigenvalue weighted by Crippen LogP contribution is 2.27. The van der Waals surface area contributed by atoms with Crippen molar-refractivity contribution in [3.63, 3.8) is 0 Å². The maximum atomic E-state index is 14.5. The van der Waals surface area contributed by atoms with Gasteiger partial charge in [-0.3, -0.25) is 0 Å². The van der Waals surface area contributed by atoms with Crippen molar-refractivity contribution in [3.05, 3.63) is 130 Å². The topological polar surface area (TPSA) is 172 Å². The Morgan fingerprint density at radius 2 is 0.612 bits per heavy atom. The lowest BCUT2D eigenvalue weighted by Gasteiger charge is -2.11.